The van der Waals surface area contributed by atoms with Gasteiger partial charge in [-0.1, -0.05) is 36.4 Å². The molecule has 1 atom stereocenters. The molecule has 3 aromatic carbocycles. The number of benzene rings is 3. The Balaban J connectivity index is 1.29. The summed E-state index contributed by atoms with van der Waals surface area (Å²) < 4.78 is 11.3. The molecule has 0 saturated heterocycles. The molecule has 1 aliphatic heterocycles. The lowest BCUT2D eigenvalue weighted by atomic mass is 10.0. The van der Waals surface area contributed by atoms with E-state index in [9.17, 15) is 4.79 Å². The van der Waals surface area contributed by atoms with E-state index in [0.717, 1.165) is 29.1 Å². The molecule has 0 saturated carbocycles. The number of ether oxygens (including phenoxy) is 2. The molecule has 5 nitrogen and oxygen atoms in total. The Morgan fingerprint density at radius 1 is 0.929 bits per heavy atom. The predicted molar refractivity (Wildman–Crippen MR) is 109 cm³/mol. The molecular formula is C23H22N2O3. The predicted octanol–water partition coefficient (Wildman–Crippen LogP) is 4.45. The fourth-order valence-corrected chi connectivity index (χ4v) is 3.20. The van der Waals surface area contributed by atoms with E-state index in [1.165, 1.54) is 0 Å². The van der Waals surface area contributed by atoms with E-state index in [4.69, 9.17) is 9.47 Å². The summed E-state index contributed by atoms with van der Waals surface area (Å²) in [6, 6.07) is 25.3. The van der Waals surface area contributed by atoms with Crippen LogP contribution in [0.25, 0.3) is 0 Å². The molecular weight excluding hydrogens is 352 g/mol. The third kappa shape index (κ3) is 4.43. The highest BCUT2D eigenvalue weighted by Crippen LogP contribution is 2.31. The van der Waals surface area contributed by atoms with Gasteiger partial charge in [0.25, 0.3) is 5.91 Å². The Kier molecular flexibility index (Phi) is 5.43. The minimum atomic E-state index is -0.145. The van der Waals surface area contributed by atoms with Crippen molar-refractivity contribution in [2.45, 2.75) is 12.5 Å². The zero-order valence-electron chi connectivity index (χ0n) is 15.4. The number of anilines is 2. The summed E-state index contributed by atoms with van der Waals surface area (Å²) in [6.07, 6.45) is 0.753. The summed E-state index contributed by atoms with van der Waals surface area (Å²) in [6.45, 7) is 0.573. The molecule has 2 N–H and O–H groups in total. The first-order valence-electron chi connectivity index (χ1n) is 9.34. The third-order valence-electron chi connectivity index (χ3n) is 4.58. The molecule has 5 heteroatoms. The Bertz CT molecular complexity index is 926. The van der Waals surface area contributed by atoms with Crippen LogP contribution < -0.4 is 20.1 Å². The number of para-hydroxylation sites is 2. The van der Waals surface area contributed by atoms with Crippen LogP contribution in [0, 0.1) is 0 Å². The highest BCUT2D eigenvalue weighted by atomic mass is 16.5. The minimum absolute atomic E-state index is 0.0228. The van der Waals surface area contributed by atoms with Crippen LogP contribution in [0.5, 0.6) is 11.5 Å². The molecule has 1 heterocycles. The van der Waals surface area contributed by atoms with Gasteiger partial charge in [-0.05, 0) is 42.5 Å². The molecule has 0 spiro atoms. The Labute approximate surface area is 164 Å². The van der Waals surface area contributed by atoms with E-state index in [1.54, 1.807) is 0 Å². The SMILES string of the molecule is O=C(COc1ccc(Nc2ccccc2)cc1)N[C@@H]1CCOc2ccccc21. The first-order valence-corrected chi connectivity index (χ1v) is 9.34. The normalized spacial score (nSPS) is 15.1. The Hall–Kier alpha value is -3.47. The van der Waals surface area contributed by atoms with Gasteiger partial charge in [-0.2, -0.15) is 0 Å². The first-order chi connectivity index (χ1) is 13.8. The minimum Gasteiger partial charge on any atom is -0.493 e. The molecule has 1 amide bonds. The van der Waals surface area contributed by atoms with Crippen molar-refractivity contribution in [1.29, 1.82) is 0 Å². The molecule has 0 radical (unpaired) electrons. The molecule has 0 aromatic heterocycles. The van der Waals surface area contributed by atoms with Crippen molar-refractivity contribution in [3.63, 3.8) is 0 Å². The number of hydrogen-bond donors (Lipinski definition) is 2. The van der Waals surface area contributed by atoms with Gasteiger partial charge in [-0.25, -0.2) is 0 Å². The van der Waals surface area contributed by atoms with Crippen LogP contribution in [0.2, 0.25) is 0 Å². The van der Waals surface area contributed by atoms with Gasteiger partial charge < -0.3 is 20.1 Å². The van der Waals surface area contributed by atoms with Gasteiger partial charge in [0.15, 0.2) is 6.61 Å². The van der Waals surface area contributed by atoms with Crippen LogP contribution in [-0.2, 0) is 4.79 Å². The summed E-state index contributed by atoms with van der Waals surface area (Å²) in [5.74, 6) is 1.34. The van der Waals surface area contributed by atoms with Crippen LogP contribution in [0.1, 0.15) is 18.0 Å². The van der Waals surface area contributed by atoms with E-state index in [1.807, 2.05) is 78.9 Å². The van der Waals surface area contributed by atoms with Gasteiger partial charge in [0.2, 0.25) is 0 Å². The number of nitrogens with one attached hydrogen (secondary N) is 2. The Morgan fingerprint density at radius 3 is 2.46 bits per heavy atom. The molecule has 28 heavy (non-hydrogen) atoms. The van der Waals surface area contributed by atoms with Crippen molar-refractivity contribution >= 4 is 17.3 Å². The van der Waals surface area contributed by atoms with Gasteiger partial charge >= 0.3 is 0 Å². The summed E-state index contributed by atoms with van der Waals surface area (Å²) in [5, 5.41) is 6.35. The first kappa shape index (κ1) is 17.9. The lowest BCUT2D eigenvalue weighted by molar-refractivity contribution is -0.124. The molecule has 0 aliphatic carbocycles. The van der Waals surface area contributed by atoms with Gasteiger partial charge in [0.1, 0.15) is 11.5 Å². The van der Waals surface area contributed by atoms with Crippen LogP contribution >= 0.6 is 0 Å². The maximum absolute atomic E-state index is 12.3. The quantitative estimate of drug-likeness (QED) is 0.669. The summed E-state index contributed by atoms with van der Waals surface area (Å²) in [7, 11) is 0. The van der Waals surface area contributed by atoms with Crippen molar-refractivity contribution in [3.05, 3.63) is 84.4 Å². The lowest BCUT2D eigenvalue weighted by Crippen LogP contribution is -2.35. The van der Waals surface area contributed by atoms with Crippen LogP contribution in [0.15, 0.2) is 78.9 Å². The molecule has 0 unspecified atom stereocenters. The van der Waals surface area contributed by atoms with Gasteiger partial charge in [0, 0.05) is 23.4 Å². The second-order valence-corrected chi connectivity index (χ2v) is 6.60. The van der Waals surface area contributed by atoms with E-state index in [0.29, 0.717) is 12.4 Å². The fourth-order valence-electron chi connectivity index (χ4n) is 3.20. The zero-order chi connectivity index (χ0) is 19.2. The van der Waals surface area contributed by atoms with Crippen molar-refractivity contribution in [1.82, 2.24) is 5.32 Å². The smallest absolute Gasteiger partial charge is 0.258 e. The molecule has 142 valence electrons. The third-order valence-corrected chi connectivity index (χ3v) is 4.58. The zero-order valence-corrected chi connectivity index (χ0v) is 15.4. The van der Waals surface area contributed by atoms with Crippen molar-refractivity contribution in [2.75, 3.05) is 18.5 Å². The van der Waals surface area contributed by atoms with Gasteiger partial charge in [-0.3, -0.25) is 4.79 Å². The fraction of sp³-hybridized carbons (Fsp3) is 0.174. The monoisotopic (exact) mass is 374 g/mol. The molecule has 3 aromatic rings. The Morgan fingerprint density at radius 2 is 1.64 bits per heavy atom. The largest absolute Gasteiger partial charge is 0.493 e. The van der Waals surface area contributed by atoms with Crippen LogP contribution in [0.4, 0.5) is 11.4 Å². The average Bonchev–Trinajstić information content (AvgIpc) is 2.74. The summed E-state index contributed by atoms with van der Waals surface area (Å²) in [5.41, 5.74) is 2.99. The van der Waals surface area contributed by atoms with Crippen molar-refractivity contribution in [3.8, 4) is 11.5 Å². The molecule has 0 bridgehead atoms. The number of rotatable bonds is 6. The van der Waals surface area contributed by atoms with E-state index in [-0.39, 0.29) is 18.6 Å². The second kappa shape index (κ2) is 8.48. The average molecular weight is 374 g/mol. The van der Waals surface area contributed by atoms with E-state index in [2.05, 4.69) is 10.6 Å². The number of carbonyl (C=O) groups is 1. The lowest BCUT2D eigenvalue weighted by Gasteiger charge is -2.26. The van der Waals surface area contributed by atoms with E-state index >= 15 is 0 Å². The summed E-state index contributed by atoms with van der Waals surface area (Å²) in [4.78, 5) is 12.3. The van der Waals surface area contributed by atoms with Gasteiger partial charge in [-0.15, -0.1) is 0 Å². The van der Waals surface area contributed by atoms with Crippen molar-refractivity contribution < 1.29 is 14.3 Å². The molecule has 0 fully saturated rings. The molecule has 1 aliphatic rings. The maximum Gasteiger partial charge on any atom is 0.258 e. The number of carbonyl (C=O) groups excluding carboxylic acids is 1. The summed E-state index contributed by atoms with van der Waals surface area (Å²) >= 11 is 0. The van der Waals surface area contributed by atoms with Gasteiger partial charge in [0.05, 0.1) is 12.6 Å². The maximum atomic E-state index is 12.3. The second-order valence-electron chi connectivity index (χ2n) is 6.60. The topological polar surface area (TPSA) is 59.6 Å². The van der Waals surface area contributed by atoms with Crippen LogP contribution in [0.3, 0.4) is 0 Å². The van der Waals surface area contributed by atoms with Crippen LogP contribution in [-0.4, -0.2) is 19.1 Å². The van der Waals surface area contributed by atoms with E-state index < -0.39 is 0 Å². The highest BCUT2D eigenvalue weighted by Gasteiger charge is 2.22. The number of hydrogen-bond acceptors (Lipinski definition) is 4. The van der Waals surface area contributed by atoms with Crippen molar-refractivity contribution in [2.24, 2.45) is 0 Å². The standard InChI is InChI=1S/C23H22N2O3/c26-23(25-21-14-15-27-22-9-5-4-8-20(21)22)16-28-19-12-10-18(11-13-19)24-17-6-2-1-3-7-17/h1-13,21,24H,14-16H2,(H,25,26)/t21-/m1/s1. The number of amides is 1. The highest BCUT2D eigenvalue weighted by molar-refractivity contribution is 5.78. The molecule has 4 rings (SSSR count). The number of fused-ring (bicyclic) bond motifs is 1.